The molecule has 1 aromatic carbocycles. The molecular weight excluding hydrogens is 372 g/mol. The van der Waals surface area contributed by atoms with E-state index in [1.54, 1.807) is 29.2 Å². The van der Waals surface area contributed by atoms with Crippen LogP contribution in [0.15, 0.2) is 28.6 Å². The van der Waals surface area contributed by atoms with Gasteiger partial charge in [0.2, 0.25) is 5.91 Å². The smallest absolute Gasteiger partial charge is 0.256 e. The lowest BCUT2D eigenvalue weighted by atomic mass is 10.1. The van der Waals surface area contributed by atoms with Crippen LogP contribution < -0.4 is 4.90 Å². The van der Waals surface area contributed by atoms with E-state index in [4.69, 9.17) is 0 Å². The van der Waals surface area contributed by atoms with Gasteiger partial charge in [-0.1, -0.05) is 35.2 Å². The first-order valence-corrected chi connectivity index (χ1v) is 10.1. The third-order valence-electron chi connectivity index (χ3n) is 4.47. The second-order valence-corrected chi connectivity index (χ2v) is 8.52. The molecule has 0 radical (unpaired) electrons. The van der Waals surface area contributed by atoms with Gasteiger partial charge in [-0.15, -0.1) is 10.2 Å². The van der Waals surface area contributed by atoms with Gasteiger partial charge in [0.25, 0.3) is 11.8 Å². The molecule has 2 aromatic rings. The maximum absolute atomic E-state index is 13.1. The lowest BCUT2D eigenvalue weighted by Crippen LogP contribution is -2.47. The number of imide groups is 1. The first kappa shape index (κ1) is 17.2. The number of amides is 3. The summed E-state index contributed by atoms with van der Waals surface area (Å²) in [5, 5.41) is 8.75. The van der Waals surface area contributed by atoms with Crippen LogP contribution >= 0.6 is 23.1 Å². The summed E-state index contributed by atoms with van der Waals surface area (Å²) in [5.74, 6) is -0.781. The Morgan fingerprint density at radius 1 is 1.31 bits per heavy atom. The topological polar surface area (TPSA) is 83.5 Å². The molecule has 1 unspecified atom stereocenters. The van der Waals surface area contributed by atoms with E-state index in [9.17, 15) is 14.4 Å². The number of para-hydroxylation sites is 1. The molecule has 26 heavy (non-hydrogen) atoms. The molecule has 3 amide bonds. The van der Waals surface area contributed by atoms with Gasteiger partial charge in [0.05, 0.1) is 17.0 Å². The molecule has 0 bridgehead atoms. The fourth-order valence-corrected chi connectivity index (χ4v) is 4.99. The highest BCUT2D eigenvalue weighted by atomic mass is 32.2. The number of nitrogens with zero attached hydrogens (tertiary/aromatic N) is 4. The lowest BCUT2D eigenvalue weighted by molar-refractivity contribution is -0.127. The summed E-state index contributed by atoms with van der Waals surface area (Å²) in [7, 11) is 0. The van der Waals surface area contributed by atoms with Crippen LogP contribution in [0.25, 0.3) is 0 Å². The first-order valence-electron chi connectivity index (χ1n) is 8.26. The monoisotopic (exact) mass is 388 g/mol. The predicted molar refractivity (Wildman–Crippen MR) is 98.4 cm³/mol. The molecule has 0 saturated carbocycles. The molecule has 9 heteroatoms. The van der Waals surface area contributed by atoms with Crippen LogP contribution in [-0.4, -0.2) is 51.2 Å². The molecule has 0 spiro atoms. The van der Waals surface area contributed by atoms with Crippen molar-refractivity contribution in [2.24, 2.45) is 0 Å². The van der Waals surface area contributed by atoms with Crippen molar-refractivity contribution in [1.29, 1.82) is 0 Å². The van der Waals surface area contributed by atoms with Crippen molar-refractivity contribution in [3.8, 4) is 0 Å². The number of rotatable bonds is 3. The number of hydrogen-bond acceptors (Lipinski definition) is 7. The Morgan fingerprint density at radius 2 is 2.12 bits per heavy atom. The van der Waals surface area contributed by atoms with Crippen LogP contribution in [0.2, 0.25) is 0 Å². The average Bonchev–Trinajstić information content (AvgIpc) is 3.27. The van der Waals surface area contributed by atoms with Crippen LogP contribution in [0, 0.1) is 6.92 Å². The van der Waals surface area contributed by atoms with Gasteiger partial charge in [-0.2, -0.15) is 0 Å². The van der Waals surface area contributed by atoms with Gasteiger partial charge >= 0.3 is 0 Å². The van der Waals surface area contributed by atoms with Crippen molar-refractivity contribution < 1.29 is 14.4 Å². The van der Waals surface area contributed by atoms with Gasteiger partial charge in [0, 0.05) is 6.54 Å². The van der Waals surface area contributed by atoms with Crippen LogP contribution in [0.5, 0.6) is 0 Å². The minimum absolute atomic E-state index is 0.0651. The summed E-state index contributed by atoms with van der Waals surface area (Å²) >= 11 is 2.66. The van der Waals surface area contributed by atoms with E-state index in [-0.39, 0.29) is 23.5 Å². The summed E-state index contributed by atoms with van der Waals surface area (Å²) in [6, 6.07) is 6.25. The normalized spacial score (nSPS) is 19.3. The number of fused-ring (bicyclic) bond motifs is 2. The Morgan fingerprint density at radius 3 is 2.88 bits per heavy atom. The highest BCUT2D eigenvalue weighted by Crippen LogP contribution is 2.33. The molecule has 4 rings (SSSR count). The number of carbonyl (C=O) groups excluding carboxylic acids is 3. The quantitative estimate of drug-likeness (QED) is 0.749. The van der Waals surface area contributed by atoms with Crippen LogP contribution in [0.1, 0.15) is 28.2 Å². The number of hydrogen-bond donors (Lipinski definition) is 0. The minimum atomic E-state index is -0.562. The number of aromatic nitrogens is 2. The lowest BCUT2D eigenvalue weighted by Gasteiger charge is -2.24. The number of thioether (sulfide) groups is 1. The molecule has 1 fully saturated rings. The summed E-state index contributed by atoms with van der Waals surface area (Å²) in [5.41, 5.74) is 0.770. The maximum atomic E-state index is 13.1. The summed E-state index contributed by atoms with van der Waals surface area (Å²) in [6.45, 7) is 2.39. The van der Waals surface area contributed by atoms with E-state index >= 15 is 0 Å². The van der Waals surface area contributed by atoms with Crippen molar-refractivity contribution in [3.05, 3.63) is 34.8 Å². The number of anilines is 1. The number of aryl methyl sites for hydroxylation is 1. The number of benzene rings is 1. The molecule has 1 saturated heterocycles. The van der Waals surface area contributed by atoms with Gasteiger partial charge in [0.1, 0.15) is 11.0 Å². The SMILES string of the molecule is Cc1nnc(SCC(=O)N2C(=O)C3CCCN3C(=O)c3ccccc32)s1. The Bertz CT molecular complexity index is 898. The van der Waals surface area contributed by atoms with E-state index < -0.39 is 6.04 Å². The van der Waals surface area contributed by atoms with Gasteiger partial charge in [-0.3, -0.25) is 14.4 Å². The maximum Gasteiger partial charge on any atom is 0.256 e. The van der Waals surface area contributed by atoms with Crippen LogP contribution in [0.3, 0.4) is 0 Å². The van der Waals surface area contributed by atoms with Crippen molar-refractivity contribution >= 4 is 46.5 Å². The first-order chi connectivity index (χ1) is 12.6. The third kappa shape index (κ3) is 2.90. The molecule has 134 valence electrons. The zero-order valence-electron chi connectivity index (χ0n) is 14.0. The molecule has 2 aliphatic heterocycles. The second kappa shape index (κ2) is 6.81. The molecule has 7 nitrogen and oxygen atoms in total. The molecule has 0 aliphatic carbocycles. The highest BCUT2D eigenvalue weighted by Gasteiger charge is 2.43. The Hall–Kier alpha value is -2.26. The Kier molecular flexibility index (Phi) is 4.49. The van der Waals surface area contributed by atoms with Gasteiger partial charge < -0.3 is 4.90 Å². The summed E-state index contributed by atoms with van der Waals surface area (Å²) in [4.78, 5) is 41.6. The summed E-state index contributed by atoms with van der Waals surface area (Å²) in [6.07, 6.45) is 1.36. The zero-order valence-corrected chi connectivity index (χ0v) is 15.7. The van der Waals surface area contributed by atoms with E-state index in [1.807, 2.05) is 6.92 Å². The average molecular weight is 388 g/mol. The molecule has 3 heterocycles. The van der Waals surface area contributed by atoms with Crippen LogP contribution in [-0.2, 0) is 9.59 Å². The minimum Gasteiger partial charge on any atom is -0.327 e. The molecular formula is C17H16N4O3S2. The second-order valence-electron chi connectivity index (χ2n) is 6.12. The molecule has 1 atom stereocenters. The highest BCUT2D eigenvalue weighted by molar-refractivity contribution is 8.01. The molecule has 1 aromatic heterocycles. The van der Waals surface area contributed by atoms with Crippen LogP contribution in [0.4, 0.5) is 5.69 Å². The molecule has 2 aliphatic rings. The van der Waals surface area contributed by atoms with Crippen molar-refractivity contribution in [2.75, 3.05) is 17.2 Å². The largest absolute Gasteiger partial charge is 0.327 e. The Balaban J connectivity index is 1.66. The zero-order chi connectivity index (χ0) is 18.3. The van der Waals surface area contributed by atoms with Crippen molar-refractivity contribution in [3.63, 3.8) is 0 Å². The van der Waals surface area contributed by atoms with Gasteiger partial charge in [-0.05, 0) is 31.9 Å². The fourth-order valence-electron chi connectivity index (χ4n) is 3.32. The van der Waals surface area contributed by atoms with Crippen molar-refractivity contribution in [1.82, 2.24) is 15.1 Å². The fraction of sp³-hybridized carbons (Fsp3) is 0.353. The van der Waals surface area contributed by atoms with E-state index in [2.05, 4.69) is 10.2 Å². The summed E-state index contributed by atoms with van der Waals surface area (Å²) < 4.78 is 0.685. The van der Waals surface area contributed by atoms with E-state index in [0.29, 0.717) is 28.6 Å². The molecule has 0 N–H and O–H groups in total. The van der Waals surface area contributed by atoms with Gasteiger partial charge in [0.15, 0.2) is 4.34 Å². The van der Waals surface area contributed by atoms with E-state index in [1.165, 1.54) is 28.0 Å². The standard InChI is InChI=1S/C17H16N4O3S2/c1-10-18-19-17(26-10)25-9-14(22)21-12-6-3-2-5-11(12)15(23)20-8-4-7-13(20)16(21)24/h2-3,5-6,13H,4,7-9H2,1H3. The van der Waals surface area contributed by atoms with E-state index in [0.717, 1.165) is 11.4 Å². The third-order valence-corrected chi connectivity index (χ3v) is 6.43. The van der Waals surface area contributed by atoms with Gasteiger partial charge in [-0.25, -0.2) is 4.90 Å². The number of carbonyl (C=O) groups is 3. The Labute approximate surface area is 158 Å². The van der Waals surface area contributed by atoms with Crippen molar-refractivity contribution in [2.45, 2.75) is 30.1 Å². The predicted octanol–water partition coefficient (Wildman–Crippen LogP) is 2.12.